The van der Waals surface area contributed by atoms with Gasteiger partial charge in [0.2, 0.25) is 11.8 Å². The summed E-state index contributed by atoms with van der Waals surface area (Å²) in [6, 6.07) is 18.0. The normalized spacial score (nSPS) is 25.5. The van der Waals surface area contributed by atoms with Crippen molar-refractivity contribution in [2.75, 3.05) is 11.5 Å². The molecule has 4 aromatic rings. The highest BCUT2D eigenvalue weighted by Gasteiger charge is 2.67. The van der Waals surface area contributed by atoms with Crippen molar-refractivity contribution in [2.24, 2.45) is 35.5 Å². The van der Waals surface area contributed by atoms with Crippen molar-refractivity contribution in [1.29, 1.82) is 0 Å². The van der Waals surface area contributed by atoms with Gasteiger partial charge in [0, 0.05) is 21.0 Å². The lowest BCUT2D eigenvalue weighted by molar-refractivity contribution is -0.124. The maximum absolute atomic E-state index is 13.6. The van der Waals surface area contributed by atoms with Crippen LogP contribution in [0.25, 0.3) is 22.2 Å². The Kier molecular flexibility index (Phi) is 6.66. The lowest BCUT2D eigenvalue weighted by atomic mass is 9.63. The molecule has 9 rings (SSSR count). The number of aromatic nitrogens is 1. The van der Waals surface area contributed by atoms with Crippen LogP contribution in [-0.4, -0.2) is 35.2 Å². The van der Waals surface area contributed by atoms with Crippen LogP contribution in [0.15, 0.2) is 77.3 Å². The van der Waals surface area contributed by atoms with Gasteiger partial charge in [0.1, 0.15) is 0 Å². The van der Waals surface area contributed by atoms with E-state index in [9.17, 15) is 19.2 Å². The van der Waals surface area contributed by atoms with Gasteiger partial charge in [0.25, 0.3) is 0 Å². The fourth-order valence-electron chi connectivity index (χ4n) is 7.97. The van der Waals surface area contributed by atoms with E-state index in [2.05, 4.69) is 28.1 Å². The smallest absolute Gasteiger partial charge is 0.339 e. The summed E-state index contributed by atoms with van der Waals surface area (Å²) in [5, 5.41) is 0.605. The summed E-state index contributed by atoms with van der Waals surface area (Å²) in [7, 11) is 0. The second-order valence-electron chi connectivity index (χ2n) is 13.2. The fraction of sp³-hybridized carbons (Fsp3) is 0.289. The fourth-order valence-corrected chi connectivity index (χ4v) is 8.55. The van der Waals surface area contributed by atoms with E-state index in [4.69, 9.17) is 9.72 Å². The number of fused-ring (bicyclic) bond motifs is 1. The monoisotopic (exact) mass is 674 g/mol. The third kappa shape index (κ3) is 4.48. The summed E-state index contributed by atoms with van der Waals surface area (Å²) >= 11 is 3.53. The molecule has 5 aliphatic rings. The van der Waals surface area contributed by atoms with Gasteiger partial charge < -0.3 is 4.74 Å². The first-order valence-corrected chi connectivity index (χ1v) is 16.4. The van der Waals surface area contributed by atoms with E-state index >= 15 is 0 Å². The summed E-state index contributed by atoms with van der Waals surface area (Å²) in [4.78, 5) is 59.9. The Morgan fingerprint density at radius 1 is 0.848 bits per heavy atom. The van der Waals surface area contributed by atoms with Gasteiger partial charge in [-0.1, -0.05) is 52.3 Å². The largest absolute Gasteiger partial charge is 0.454 e. The molecule has 1 aliphatic heterocycles. The van der Waals surface area contributed by atoms with Crippen molar-refractivity contribution in [3.8, 4) is 11.3 Å². The first kappa shape index (κ1) is 29.0. The van der Waals surface area contributed by atoms with Crippen LogP contribution in [-0.2, 0) is 14.3 Å². The molecule has 0 radical (unpaired) electrons. The van der Waals surface area contributed by atoms with Crippen LogP contribution >= 0.6 is 15.9 Å². The molecule has 2 heterocycles. The number of hydrogen-bond acceptors (Lipinski definition) is 6. The van der Waals surface area contributed by atoms with Crippen molar-refractivity contribution in [3.63, 3.8) is 0 Å². The van der Waals surface area contributed by atoms with Gasteiger partial charge in [0.05, 0.1) is 34.3 Å². The summed E-state index contributed by atoms with van der Waals surface area (Å²) in [5.41, 5.74) is 6.14. The number of anilines is 1. The third-order valence-electron chi connectivity index (χ3n) is 10.5. The molecule has 2 bridgehead atoms. The Bertz CT molecular complexity index is 2010. The molecule has 1 saturated heterocycles. The molecule has 0 spiro atoms. The van der Waals surface area contributed by atoms with Crippen LogP contribution < -0.4 is 4.90 Å². The van der Waals surface area contributed by atoms with E-state index in [1.54, 1.807) is 30.3 Å². The summed E-state index contributed by atoms with van der Waals surface area (Å²) in [6.45, 7) is 5.44. The first-order chi connectivity index (χ1) is 22.1. The molecule has 4 aliphatic carbocycles. The van der Waals surface area contributed by atoms with Gasteiger partial charge in [-0.3, -0.25) is 19.3 Å². The van der Waals surface area contributed by atoms with Crippen LogP contribution in [0.3, 0.4) is 0 Å². The van der Waals surface area contributed by atoms with E-state index in [0.717, 1.165) is 27.6 Å². The molecule has 0 N–H and O–H groups in total. The molecule has 3 fully saturated rings. The second kappa shape index (κ2) is 10.6. The minimum atomic E-state index is -0.628. The van der Waals surface area contributed by atoms with Gasteiger partial charge in [-0.25, -0.2) is 9.78 Å². The van der Waals surface area contributed by atoms with Gasteiger partial charge in [0.15, 0.2) is 12.4 Å². The molecule has 46 heavy (non-hydrogen) atoms. The number of allylic oxidation sites excluding steroid dienone is 2. The topological polar surface area (TPSA) is 93.6 Å². The van der Waals surface area contributed by atoms with Crippen LogP contribution in [0, 0.1) is 56.3 Å². The number of Topliss-reactive ketones (excluding diaryl/α,β-unsaturated/α-hetero) is 1. The van der Waals surface area contributed by atoms with Crippen molar-refractivity contribution in [2.45, 2.75) is 27.2 Å². The molecule has 8 heteroatoms. The van der Waals surface area contributed by atoms with Crippen LogP contribution in [0.1, 0.15) is 43.8 Å². The van der Waals surface area contributed by atoms with Crippen LogP contribution in [0.5, 0.6) is 0 Å². The number of hydrogen-bond donors (Lipinski definition) is 0. The molecule has 7 nitrogen and oxygen atoms in total. The first-order valence-electron chi connectivity index (χ1n) is 15.7. The van der Waals surface area contributed by atoms with E-state index in [1.165, 1.54) is 4.90 Å². The number of ketones is 1. The molecule has 230 valence electrons. The number of aryl methyl sites for hydroxylation is 3. The molecule has 1 aromatic heterocycles. The van der Waals surface area contributed by atoms with E-state index in [0.29, 0.717) is 45.2 Å². The van der Waals surface area contributed by atoms with Crippen LogP contribution in [0.4, 0.5) is 5.69 Å². The Labute approximate surface area is 274 Å². The van der Waals surface area contributed by atoms with Gasteiger partial charge in [-0.05, 0) is 104 Å². The Hall–Kier alpha value is -4.43. The predicted octanol–water partition coefficient (Wildman–Crippen LogP) is 7.19. The van der Waals surface area contributed by atoms with Crippen molar-refractivity contribution >= 4 is 56.1 Å². The number of imide groups is 1. The molecule has 6 unspecified atom stereocenters. The van der Waals surface area contributed by atoms with Crippen LogP contribution in [0.2, 0.25) is 0 Å². The second-order valence-corrected chi connectivity index (χ2v) is 14.1. The number of pyridine rings is 1. The maximum Gasteiger partial charge on any atom is 0.339 e. The van der Waals surface area contributed by atoms with Crippen molar-refractivity contribution < 1.29 is 23.9 Å². The molecule has 6 atom stereocenters. The predicted molar refractivity (Wildman–Crippen MR) is 177 cm³/mol. The average molecular weight is 676 g/mol. The molecule has 2 saturated carbocycles. The highest BCUT2D eigenvalue weighted by atomic mass is 79.9. The zero-order valence-electron chi connectivity index (χ0n) is 25.6. The molecule has 2 amide bonds. The quantitative estimate of drug-likeness (QED) is 0.0930. The summed E-state index contributed by atoms with van der Waals surface area (Å²) in [5.74, 6) is -0.201. The summed E-state index contributed by atoms with van der Waals surface area (Å²) in [6.07, 6.45) is 5.47. The minimum absolute atomic E-state index is 0.0992. The maximum atomic E-state index is 13.6. The Morgan fingerprint density at radius 3 is 2.17 bits per heavy atom. The van der Waals surface area contributed by atoms with Crippen molar-refractivity contribution in [3.05, 3.63) is 105 Å². The SMILES string of the molecule is Cc1ccc(C(=O)COC(=O)c2cc(-c3ccc(N4C(=O)C5C6C=CC(C7CC67)C5C4=O)cc3)nc3c(C)cc(Br)cc23)cc1C. The number of amides is 2. The number of esters is 1. The van der Waals surface area contributed by atoms with Gasteiger partial charge in [-0.15, -0.1) is 0 Å². The lowest BCUT2D eigenvalue weighted by Crippen LogP contribution is -2.40. The zero-order valence-corrected chi connectivity index (χ0v) is 27.2. The standard InChI is InChI=1S/C38H31BrN2O5/c1-18-4-5-22(12-19(18)2)32(42)17-46-38(45)30-16-31(40-35-20(3)13-23(39)14-29(30)35)21-6-8-24(9-7-21)41-36(43)33-25-10-11-26(28-15-27(25)28)34(33)37(41)44/h4-14,16,25-28,33-34H,15,17H2,1-3H3. The third-order valence-corrected chi connectivity index (χ3v) is 11.0. The van der Waals surface area contributed by atoms with Gasteiger partial charge >= 0.3 is 5.97 Å². The molecule has 3 aromatic carbocycles. The molecular weight excluding hydrogens is 644 g/mol. The summed E-state index contributed by atoms with van der Waals surface area (Å²) < 4.78 is 6.35. The lowest BCUT2D eigenvalue weighted by Gasteiger charge is -2.37. The Balaban J connectivity index is 1.09. The van der Waals surface area contributed by atoms with E-state index in [1.807, 2.05) is 51.1 Å². The number of benzene rings is 3. The van der Waals surface area contributed by atoms with Gasteiger partial charge in [-0.2, -0.15) is 0 Å². The van der Waals surface area contributed by atoms with Crippen molar-refractivity contribution in [1.82, 2.24) is 4.98 Å². The number of rotatable bonds is 6. The minimum Gasteiger partial charge on any atom is -0.454 e. The zero-order chi connectivity index (χ0) is 32.0. The molecular formula is C38H31BrN2O5. The number of halogens is 1. The number of ether oxygens (including phenoxy) is 1. The highest BCUT2D eigenvalue weighted by molar-refractivity contribution is 9.10. The number of nitrogens with zero attached hydrogens (tertiary/aromatic N) is 2. The Morgan fingerprint density at radius 2 is 1.52 bits per heavy atom. The number of carbonyl (C=O) groups is 4. The van der Waals surface area contributed by atoms with E-state index in [-0.39, 0.29) is 53.4 Å². The highest BCUT2D eigenvalue weighted by Crippen LogP contribution is 2.65. The number of carbonyl (C=O) groups excluding carboxylic acids is 4. The average Bonchev–Trinajstić information content (AvgIpc) is 3.83. The van der Waals surface area contributed by atoms with E-state index < -0.39 is 5.97 Å².